The van der Waals surface area contributed by atoms with Gasteiger partial charge in [-0.3, -0.25) is 0 Å². The van der Waals surface area contributed by atoms with Crippen molar-refractivity contribution in [2.24, 2.45) is 11.8 Å². The Balaban J connectivity index is 2.11. The summed E-state index contributed by atoms with van der Waals surface area (Å²) in [6.45, 7) is 8.05. The van der Waals surface area contributed by atoms with E-state index in [0.717, 1.165) is 17.9 Å². The molecular weight excluding hydrogens is 133 g/mol. The zero-order valence-corrected chi connectivity index (χ0v) is 7.20. The summed E-state index contributed by atoms with van der Waals surface area (Å²) in [5.74, 6) is 6.03. The molecule has 2 heteroatoms. The summed E-state index contributed by atoms with van der Waals surface area (Å²) in [6, 6.07) is 0.810. The fourth-order valence-corrected chi connectivity index (χ4v) is 1.83. The number of hydrogen-bond donors (Lipinski definition) is 0. The molecule has 0 aliphatic carbocycles. The van der Waals surface area contributed by atoms with Crippen LogP contribution in [0.2, 0.25) is 0 Å². The van der Waals surface area contributed by atoms with Crippen LogP contribution in [0.1, 0.15) is 13.8 Å². The molecule has 2 atom stereocenters. The second-order valence-electron chi connectivity index (χ2n) is 3.81. The summed E-state index contributed by atoms with van der Waals surface area (Å²) in [7, 11) is 0. The van der Waals surface area contributed by atoms with E-state index in [0.29, 0.717) is 0 Å². The molecule has 0 amide bonds. The molecule has 0 aromatic carbocycles. The average Bonchev–Trinajstić information content (AvgIpc) is 2.60. The molecular formula is C9H14BN. The molecule has 2 aliphatic rings. The first kappa shape index (κ1) is 7.14. The fraction of sp³-hybridized carbons (Fsp3) is 0.667. The van der Waals surface area contributed by atoms with Gasteiger partial charge in [-0.2, -0.15) is 0 Å². The fourth-order valence-electron chi connectivity index (χ4n) is 1.83. The van der Waals surface area contributed by atoms with Crippen molar-refractivity contribution in [1.29, 1.82) is 0 Å². The van der Waals surface area contributed by atoms with Crippen molar-refractivity contribution in [3.05, 3.63) is 12.2 Å². The molecule has 0 aromatic rings. The van der Waals surface area contributed by atoms with Crippen LogP contribution in [0.5, 0.6) is 0 Å². The van der Waals surface area contributed by atoms with Crippen LogP contribution < -0.4 is 0 Å². The van der Waals surface area contributed by atoms with Crippen molar-refractivity contribution < 1.29 is 0 Å². The molecule has 58 valence electrons. The van der Waals surface area contributed by atoms with Crippen LogP contribution in [0, 0.1) is 11.8 Å². The van der Waals surface area contributed by atoms with Crippen LogP contribution in [-0.2, 0) is 0 Å². The van der Waals surface area contributed by atoms with Crippen molar-refractivity contribution in [2.75, 3.05) is 6.54 Å². The molecule has 0 saturated carbocycles. The van der Waals surface area contributed by atoms with E-state index in [-0.39, 0.29) is 0 Å². The van der Waals surface area contributed by atoms with Gasteiger partial charge in [0.15, 0.2) is 0 Å². The van der Waals surface area contributed by atoms with E-state index >= 15 is 0 Å². The molecule has 0 bridgehead atoms. The van der Waals surface area contributed by atoms with Crippen molar-refractivity contribution in [3.63, 3.8) is 0 Å². The first-order valence-corrected chi connectivity index (χ1v) is 4.40. The Morgan fingerprint density at radius 2 is 2.36 bits per heavy atom. The summed E-state index contributed by atoms with van der Waals surface area (Å²) in [4.78, 5) is 2.41. The summed E-state index contributed by atoms with van der Waals surface area (Å²) in [6.07, 6.45) is 2.20. The Kier molecular flexibility index (Phi) is 1.63. The Labute approximate surface area is 69.0 Å². The van der Waals surface area contributed by atoms with Gasteiger partial charge in [-0.15, -0.1) is 0 Å². The van der Waals surface area contributed by atoms with E-state index in [1.165, 1.54) is 6.54 Å². The zero-order chi connectivity index (χ0) is 7.84. The Bertz CT molecular complexity index is 208. The van der Waals surface area contributed by atoms with Gasteiger partial charge in [-0.25, -0.2) is 0 Å². The molecule has 2 heterocycles. The number of rotatable bonds is 1. The maximum absolute atomic E-state index is 2.41. The van der Waals surface area contributed by atoms with Crippen molar-refractivity contribution in [2.45, 2.75) is 19.9 Å². The zero-order valence-electron chi connectivity index (χ0n) is 7.20. The molecule has 2 rings (SSSR count). The monoisotopic (exact) mass is 147 g/mol. The van der Waals surface area contributed by atoms with E-state index in [1.807, 2.05) is 0 Å². The maximum atomic E-state index is 2.41. The van der Waals surface area contributed by atoms with Gasteiger partial charge in [0.1, 0.15) is 0 Å². The van der Waals surface area contributed by atoms with Crippen LogP contribution in [0.25, 0.3) is 0 Å². The molecule has 1 nitrogen and oxygen atoms in total. The molecule has 1 fully saturated rings. The average molecular weight is 147 g/mol. The van der Waals surface area contributed by atoms with Gasteiger partial charge in [-0.1, -0.05) is 0 Å². The first-order chi connectivity index (χ1) is 5.29. The molecule has 0 radical (unpaired) electrons. The van der Waals surface area contributed by atoms with Gasteiger partial charge in [0.2, 0.25) is 0 Å². The summed E-state index contributed by atoms with van der Waals surface area (Å²) in [5.41, 5.74) is 0. The Morgan fingerprint density at radius 3 is 3.09 bits per heavy atom. The third kappa shape index (κ3) is 1.26. The third-order valence-corrected chi connectivity index (χ3v) is 2.63. The summed E-state index contributed by atoms with van der Waals surface area (Å²) < 4.78 is 0. The number of hydrogen-bond acceptors (Lipinski definition) is 1. The Hall–Kier alpha value is -0.525. The van der Waals surface area contributed by atoms with Crippen LogP contribution in [-0.4, -0.2) is 30.4 Å². The number of nitrogens with zero attached hydrogens (tertiary/aromatic N) is 1. The third-order valence-electron chi connectivity index (χ3n) is 2.63. The normalized spacial score (nSPS) is 33.2. The van der Waals surface area contributed by atoms with Crippen molar-refractivity contribution in [3.8, 4) is 0 Å². The topological polar surface area (TPSA) is 3.01 Å². The summed E-state index contributed by atoms with van der Waals surface area (Å²) >= 11 is 0. The van der Waals surface area contributed by atoms with Gasteiger partial charge < -0.3 is 0 Å². The van der Waals surface area contributed by atoms with Gasteiger partial charge in [0.05, 0.1) is 0 Å². The molecule has 2 unspecified atom stereocenters. The van der Waals surface area contributed by atoms with Crippen molar-refractivity contribution in [1.82, 2.24) is 4.90 Å². The van der Waals surface area contributed by atoms with E-state index < -0.39 is 0 Å². The molecule has 0 spiro atoms. The van der Waals surface area contributed by atoms with E-state index in [4.69, 9.17) is 0 Å². The molecule has 0 aromatic heterocycles. The van der Waals surface area contributed by atoms with Crippen LogP contribution >= 0.6 is 0 Å². The van der Waals surface area contributed by atoms with Crippen LogP contribution in [0.3, 0.4) is 0 Å². The molecule has 2 aliphatic heterocycles. The minimum absolute atomic E-state index is 0.769. The molecule has 1 saturated heterocycles. The standard InChI is InChI=1S/C9H14BN/c1-7(2)8-5-10-3-4-11-6-9(8)11/h3-5,7-9H,6H2,1-2H3. The second kappa shape index (κ2) is 2.51. The quantitative estimate of drug-likeness (QED) is 0.394. The van der Waals surface area contributed by atoms with Gasteiger partial charge in [0.25, 0.3) is 0 Å². The van der Waals surface area contributed by atoms with Gasteiger partial charge in [-0.05, 0) is 0 Å². The minimum atomic E-state index is 0.769. The van der Waals surface area contributed by atoms with E-state index in [1.54, 1.807) is 0 Å². The van der Waals surface area contributed by atoms with Crippen LogP contribution in [0.15, 0.2) is 12.2 Å². The van der Waals surface area contributed by atoms with Gasteiger partial charge in [0, 0.05) is 0 Å². The summed E-state index contributed by atoms with van der Waals surface area (Å²) in [5, 5.41) is 0. The SMILES string of the molecule is CC(C)C1C=BC=CN2CC12. The molecule has 11 heavy (non-hydrogen) atoms. The predicted molar refractivity (Wildman–Crippen MR) is 49.8 cm³/mol. The van der Waals surface area contributed by atoms with E-state index in [2.05, 4.69) is 43.8 Å². The Morgan fingerprint density at radius 1 is 1.55 bits per heavy atom. The van der Waals surface area contributed by atoms with E-state index in [9.17, 15) is 0 Å². The molecule has 0 N–H and O–H groups in total. The van der Waals surface area contributed by atoms with Gasteiger partial charge >= 0.3 is 68.2 Å². The first-order valence-electron chi connectivity index (χ1n) is 4.40. The van der Waals surface area contributed by atoms with Crippen LogP contribution in [0.4, 0.5) is 0 Å². The number of fused-ring (bicyclic) bond motifs is 1. The predicted octanol–water partition coefficient (Wildman–Crippen LogP) is 0.934. The second-order valence-corrected chi connectivity index (χ2v) is 3.81. The van der Waals surface area contributed by atoms with Crippen molar-refractivity contribution >= 4 is 12.9 Å².